The number of unbranched alkanes of at least 4 members (excludes halogenated alkanes) is 1. The van der Waals surface area contributed by atoms with Gasteiger partial charge < -0.3 is 4.74 Å². The van der Waals surface area contributed by atoms with Crippen LogP contribution < -0.4 is 0 Å². The summed E-state index contributed by atoms with van der Waals surface area (Å²) in [7, 11) is 0. The summed E-state index contributed by atoms with van der Waals surface area (Å²) < 4.78 is 52.0. The van der Waals surface area contributed by atoms with E-state index in [1.54, 1.807) is 19.1 Å². The first kappa shape index (κ1) is 22.3. The van der Waals surface area contributed by atoms with Crippen LogP contribution in [0.3, 0.4) is 0 Å². The molecule has 1 nitrogen and oxygen atoms in total. The minimum atomic E-state index is -2.60. The summed E-state index contributed by atoms with van der Waals surface area (Å²) in [6.45, 7) is 4.15. The highest BCUT2D eigenvalue weighted by Crippen LogP contribution is 2.75. The number of benzene rings is 2. The zero-order valence-corrected chi connectivity index (χ0v) is 19.4. The molecule has 0 radical (unpaired) electrons. The number of allylic oxidation sites excluding steroid dienone is 3. The summed E-state index contributed by atoms with van der Waals surface area (Å²) in [5.41, 5.74) is 0.216. The number of halogens is 3. The second-order valence-corrected chi connectivity index (χ2v) is 10.2. The van der Waals surface area contributed by atoms with E-state index in [9.17, 15) is 0 Å². The molecular weight excluding hydrogens is 421 g/mol. The fraction of sp³-hybridized carbons (Fsp3) is 0.448. The molecule has 0 heterocycles. The van der Waals surface area contributed by atoms with Crippen molar-refractivity contribution >= 4 is 0 Å². The van der Waals surface area contributed by atoms with Crippen LogP contribution in [0, 0.1) is 11.2 Å². The molecular formula is C29H31F3O. The van der Waals surface area contributed by atoms with Crippen LogP contribution in [-0.4, -0.2) is 6.61 Å². The number of hydrogen-bond acceptors (Lipinski definition) is 1. The Hall–Kier alpha value is -2.49. The van der Waals surface area contributed by atoms with Crippen molar-refractivity contribution in [3.05, 3.63) is 83.1 Å². The van der Waals surface area contributed by atoms with Crippen LogP contribution >= 0.6 is 0 Å². The molecule has 2 aromatic carbocycles. The molecule has 6 rings (SSSR count). The third kappa shape index (κ3) is 3.45. The molecule has 3 saturated carbocycles. The summed E-state index contributed by atoms with van der Waals surface area (Å²) in [5, 5.41) is 0. The van der Waals surface area contributed by atoms with Gasteiger partial charge in [0.2, 0.25) is 0 Å². The lowest BCUT2D eigenvalue weighted by molar-refractivity contribution is -0.147. The van der Waals surface area contributed by atoms with Gasteiger partial charge in [-0.15, -0.1) is 0 Å². The highest BCUT2D eigenvalue weighted by Gasteiger charge is 2.67. The second kappa shape index (κ2) is 8.07. The smallest absolute Gasteiger partial charge is 0.197 e. The van der Waals surface area contributed by atoms with Crippen molar-refractivity contribution in [1.29, 1.82) is 0 Å². The number of alkyl halides is 1. The predicted molar refractivity (Wildman–Crippen MR) is 126 cm³/mol. The third-order valence-electron chi connectivity index (χ3n) is 7.93. The Bertz CT molecular complexity index is 1110. The Balaban J connectivity index is 1.51. The molecule has 174 valence electrons. The van der Waals surface area contributed by atoms with Gasteiger partial charge in [-0.05, 0) is 72.3 Å². The van der Waals surface area contributed by atoms with Crippen molar-refractivity contribution in [1.82, 2.24) is 0 Å². The predicted octanol–water partition coefficient (Wildman–Crippen LogP) is 8.45. The molecule has 4 aliphatic rings. The standard InChI is InChI=1S/C29H31F3O/c1-3-5-14-27-17-28(18-27,19-27)21-10-6-9-20(16-21)22-11-7-12-23(30)25(22)29(32)15-8-13-24(26(29)31)33-4-2/h6-13,16H,3-5,14-15,17-19H2,1-2H3. The van der Waals surface area contributed by atoms with Gasteiger partial charge in [0, 0.05) is 12.0 Å². The SMILES string of the molecule is CCCCC12CC(c3cccc(-c4cccc(F)c4C4(F)CC=CC(OCC)=C4F)c3)(C1)C2. The van der Waals surface area contributed by atoms with Crippen molar-refractivity contribution in [3.8, 4) is 11.1 Å². The average Bonchev–Trinajstić information content (AvgIpc) is 2.75. The fourth-order valence-corrected chi connectivity index (χ4v) is 6.47. The topological polar surface area (TPSA) is 9.23 Å². The Morgan fingerprint density at radius 1 is 1.00 bits per heavy atom. The quantitative estimate of drug-likeness (QED) is 0.390. The summed E-state index contributed by atoms with van der Waals surface area (Å²) >= 11 is 0. The van der Waals surface area contributed by atoms with Crippen LogP contribution in [0.4, 0.5) is 13.2 Å². The first-order valence-electron chi connectivity index (χ1n) is 12.1. The van der Waals surface area contributed by atoms with Crippen molar-refractivity contribution in [2.24, 2.45) is 5.41 Å². The van der Waals surface area contributed by atoms with Crippen LogP contribution in [0.5, 0.6) is 0 Å². The van der Waals surface area contributed by atoms with Gasteiger partial charge in [-0.1, -0.05) is 62.2 Å². The van der Waals surface area contributed by atoms with Crippen LogP contribution in [0.25, 0.3) is 11.1 Å². The van der Waals surface area contributed by atoms with E-state index in [4.69, 9.17) is 4.74 Å². The maximum Gasteiger partial charge on any atom is 0.197 e. The maximum atomic E-state index is 16.3. The first-order valence-corrected chi connectivity index (χ1v) is 12.1. The van der Waals surface area contributed by atoms with Crippen molar-refractivity contribution < 1.29 is 17.9 Å². The Kier molecular flexibility index (Phi) is 5.46. The van der Waals surface area contributed by atoms with Crippen molar-refractivity contribution in [2.45, 2.75) is 69.9 Å². The summed E-state index contributed by atoms with van der Waals surface area (Å²) in [5.74, 6) is -1.97. The van der Waals surface area contributed by atoms with E-state index < -0.39 is 17.3 Å². The summed E-state index contributed by atoms with van der Waals surface area (Å²) in [6.07, 6.45) is 10.1. The monoisotopic (exact) mass is 452 g/mol. The molecule has 1 unspecified atom stereocenters. The van der Waals surface area contributed by atoms with Crippen molar-refractivity contribution in [2.75, 3.05) is 6.61 Å². The van der Waals surface area contributed by atoms with Gasteiger partial charge in [-0.2, -0.15) is 0 Å². The third-order valence-corrected chi connectivity index (χ3v) is 7.93. The molecule has 0 aliphatic heterocycles. The molecule has 0 saturated heterocycles. The molecule has 4 aliphatic carbocycles. The van der Waals surface area contributed by atoms with Gasteiger partial charge in [0.05, 0.1) is 6.61 Å². The van der Waals surface area contributed by atoms with Gasteiger partial charge in [0.15, 0.2) is 17.3 Å². The highest BCUT2D eigenvalue weighted by atomic mass is 19.2. The van der Waals surface area contributed by atoms with E-state index in [1.807, 2.05) is 12.1 Å². The molecule has 0 amide bonds. The van der Waals surface area contributed by atoms with Crippen molar-refractivity contribution in [3.63, 3.8) is 0 Å². The minimum Gasteiger partial charge on any atom is -0.491 e. The summed E-state index contributed by atoms with van der Waals surface area (Å²) in [4.78, 5) is 0. The lowest BCUT2D eigenvalue weighted by Crippen LogP contribution is -2.64. The normalized spacial score (nSPS) is 30.1. The van der Waals surface area contributed by atoms with E-state index in [-0.39, 0.29) is 29.8 Å². The van der Waals surface area contributed by atoms with Gasteiger partial charge in [0.1, 0.15) is 5.82 Å². The van der Waals surface area contributed by atoms with E-state index in [0.717, 1.165) is 5.56 Å². The Morgan fingerprint density at radius 2 is 1.76 bits per heavy atom. The fourth-order valence-electron chi connectivity index (χ4n) is 6.47. The van der Waals surface area contributed by atoms with Crippen LogP contribution in [0.1, 0.15) is 69.9 Å². The van der Waals surface area contributed by atoms with E-state index in [2.05, 4.69) is 19.1 Å². The van der Waals surface area contributed by atoms with E-state index in [1.165, 1.54) is 62.3 Å². The van der Waals surface area contributed by atoms with E-state index >= 15 is 13.2 Å². The number of rotatable bonds is 8. The average molecular weight is 453 g/mol. The van der Waals surface area contributed by atoms with Gasteiger partial charge in [0.25, 0.3) is 0 Å². The first-order chi connectivity index (χ1) is 15.9. The summed E-state index contributed by atoms with van der Waals surface area (Å²) in [6, 6.07) is 12.5. The lowest BCUT2D eigenvalue weighted by Gasteiger charge is -2.72. The van der Waals surface area contributed by atoms with E-state index in [0.29, 0.717) is 11.0 Å². The van der Waals surface area contributed by atoms with Gasteiger partial charge >= 0.3 is 0 Å². The molecule has 3 fully saturated rings. The zero-order chi connectivity index (χ0) is 23.3. The lowest BCUT2D eigenvalue weighted by atomic mass is 9.32. The second-order valence-electron chi connectivity index (χ2n) is 10.2. The molecule has 4 heteroatoms. The van der Waals surface area contributed by atoms with Crippen LogP contribution in [0.2, 0.25) is 0 Å². The molecule has 1 atom stereocenters. The minimum absolute atomic E-state index is 0.166. The Labute approximate surface area is 194 Å². The number of ether oxygens (including phenoxy) is 1. The van der Waals surface area contributed by atoms with Crippen LogP contribution in [0.15, 0.2) is 66.2 Å². The van der Waals surface area contributed by atoms with Gasteiger partial charge in [-0.25, -0.2) is 13.2 Å². The highest BCUT2D eigenvalue weighted by molar-refractivity contribution is 5.71. The van der Waals surface area contributed by atoms with Gasteiger partial charge in [-0.3, -0.25) is 0 Å². The molecule has 33 heavy (non-hydrogen) atoms. The molecule has 2 aromatic rings. The molecule has 2 bridgehead atoms. The molecule has 0 aromatic heterocycles. The maximum absolute atomic E-state index is 16.3. The molecule has 0 N–H and O–H groups in total. The Morgan fingerprint density at radius 3 is 2.48 bits per heavy atom. The number of hydrogen-bond donors (Lipinski definition) is 0. The largest absolute Gasteiger partial charge is 0.491 e. The molecule has 0 spiro atoms. The zero-order valence-electron chi connectivity index (χ0n) is 19.4. The van der Waals surface area contributed by atoms with Crippen LogP contribution in [-0.2, 0) is 15.8 Å².